The lowest BCUT2D eigenvalue weighted by Gasteiger charge is -2.08. The molecule has 23 heavy (non-hydrogen) atoms. The number of benzene rings is 1. The van der Waals surface area contributed by atoms with Crippen molar-refractivity contribution in [3.63, 3.8) is 0 Å². The van der Waals surface area contributed by atoms with E-state index in [1.165, 1.54) is 15.9 Å². The van der Waals surface area contributed by atoms with Crippen LogP contribution in [0.15, 0.2) is 29.3 Å². The maximum absolute atomic E-state index is 12.7. The van der Waals surface area contributed by atoms with Gasteiger partial charge in [-0.3, -0.25) is 4.72 Å². The first-order chi connectivity index (χ1) is 10.9. The van der Waals surface area contributed by atoms with Crippen molar-refractivity contribution in [3.05, 3.63) is 40.5 Å². The number of imidazole rings is 1. The van der Waals surface area contributed by atoms with Gasteiger partial charge < -0.3 is 0 Å². The smallest absolute Gasteiger partial charge is 0.278 e. The average Bonchev–Trinajstić information content (AvgIpc) is 3.02. The molecule has 0 aliphatic carbocycles. The largest absolute Gasteiger partial charge is 0.281 e. The summed E-state index contributed by atoms with van der Waals surface area (Å²) in [5.74, 6) is 0. The lowest BCUT2D eigenvalue weighted by atomic mass is 10.2. The molecule has 1 aromatic carbocycles. The number of hydrogen-bond acceptors (Lipinski definition) is 6. The molecule has 3 aromatic rings. The summed E-state index contributed by atoms with van der Waals surface area (Å²) in [4.78, 5) is 4.90. The first-order valence-electron chi connectivity index (χ1n) is 6.82. The molecule has 0 unspecified atom stereocenters. The highest BCUT2D eigenvalue weighted by Gasteiger charge is 2.26. The Morgan fingerprint density at radius 2 is 2.04 bits per heavy atom. The highest BCUT2D eigenvalue weighted by Crippen LogP contribution is 2.24. The molecule has 118 valence electrons. The topological polar surface area (TPSA) is 100 Å². The number of hydrogen-bond donors (Lipinski definition) is 1. The van der Waals surface area contributed by atoms with Gasteiger partial charge in [0.1, 0.15) is 5.01 Å². The zero-order valence-electron chi connectivity index (χ0n) is 12.4. The molecule has 0 amide bonds. The summed E-state index contributed by atoms with van der Waals surface area (Å²) in [6.07, 6.45) is 0.485. The lowest BCUT2D eigenvalue weighted by molar-refractivity contribution is 0.591. The Morgan fingerprint density at radius 3 is 2.65 bits per heavy atom. The fourth-order valence-electron chi connectivity index (χ4n) is 2.18. The van der Waals surface area contributed by atoms with Gasteiger partial charge in [-0.25, -0.2) is 4.98 Å². The average molecular weight is 347 g/mol. The van der Waals surface area contributed by atoms with Crippen LogP contribution in [0.1, 0.15) is 23.2 Å². The third-order valence-electron chi connectivity index (χ3n) is 3.19. The van der Waals surface area contributed by atoms with E-state index in [9.17, 15) is 8.42 Å². The molecule has 0 aliphatic heterocycles. The van der Waals surface area contributed by atoms with Crippen molar-refractivity contribution in [2.45, 2.75) is 25.3 Å². The SMILES string of the molecule is CCc1nc2sc(C)nn2c1S(=O)(=O)Nc1ccc(C#N)cc1. The van der Waals surface area contributed by atoms with Gasteiger partial charge in [-0.05, 0) is 37.6 Å². The lowest BCUT2D eigenvalue weighted by Crippen LogP contribution is -2.17. The quantitative estimate of drug-likeness (QED) is 0.781. The van der Waals surface area contributed by atoms with Gasteiger partial charge in [0.25, 0.3) is 10.0 Å². The predicted octanol–water partition coefficient (Wildman–Crippen LogP) is 2.33. The van der Waals surface area contributed by atoms with Crippen LogP contribution in [0.25, 0.3) is 4.96 Å². The van der Waals surface area contributed by atoms with Crippen LogP contribution in [-0.2, 0) is 16.4 Å². The van der Waals surface area contributed by atoms with E-state index in [-0.39, 0.29) is 5.03 Å². The monoisotopic (exact) mass is 347 g/mol. The Labute approximate surface area is 137 Å². The Hall–Kier alpha value is -2.44. The maximum Gasteiger partial charge on any atom is 0.281 e. The molecule has 2 heterocycles. The van der Waals surface area contributed by atoms with Crippen LogP contribution in [-0.4, -0.2) is 23.0 Å². The molecule has 0 spiro atoms. The third-order valence-corrected chi connectivity index (χ3v) is 5.43. The number of aryl methyl sites for hydroxylation is 2. The fourth-order valence-corrected chi connectivity index (χ4v) is 4.40. The Balaban J connectivity index is 2.06. The van der Waals surface area contributed by atoms with Crippen molar-refractivity contribution in [2.75, 3.05) is 4.72 Å². The van der Waals surface area contributed by atoms with Gasteiger partial charge in [-0.2, -0.15) is 23.3 Å². The van der Waals surface area contributed by atoms with Crippen molar-refractivity contribution in [2.24, 2.45) is 0 Å². The van der Waals surface area contributed by atoms with E-state index in [1.807, 2.05) is 13.0 Å². The Morgan fingerprint density at radius 1 is 1.35 bits per heavy atom. The van der Waals surface area contributed by atoms with E-state index in [2.05, 4.69) is 14.8 Å². The normalized spacial score (nSPS) is 11.5. The summed E-state index contributed by atoms with van der Waals surface area (Å²) in [7, 11) is -3.83. The van der Waals surface area contributed by atoms with Crippen LogP contribution >= 0.6 is 11.3 Å². The van der Waals surface area contributed by atoms with Gasteiger partial charge in [0, 0.05) is 5.69 Å². The van der Waals surface area contributed by atoms with Crippen molar-refractivity contribution in [1.82, 2.24) is 14.6 Å². The Bertz CT molecular complexity index is 1010. The zero-order valence-corrected chi connectivity index (χ0v) is 14.1. The zero-order chi connectivity index (χ0) is 16.6. The number of aromatic nitrogens is 3. The van der Waals surface area contributed by atoms with Crippen LogP contribution < -0.4 is 4.72 Å². The van der Waals surface area contributed by atoms with Crippen molar-refractivity contribution in [3.8, 4) is 6.07 Å². The minimum Gasteiger partial charge on any atom is -0.278 e. The van der Waals surface area contributed by atoms with Crippen LogP contribution in [0, 0.1) is 18.3 Å². The molecule has 0 saturated heterocycles. The van der Waals surface area contributed by atoms with Gasteiger partial charge in [-0.15, -0.1) is 0 Å². The van der Waals surface area contributed by atoms with E-state index in [0.29, 0.717) is 28.3 Å². The van der Waals surface area contributed by atoms with E-state index in [0.717, 1.165) is 5.01 Å². The molecule has 1 N–H and O–H groups in total. The first-order valence-corrected chi connectivity index (χ1v) is 9.12. The summed E-state index contributed by atoms with van der Waals surface area (Å²) < 4.78 is 29.4. The number of rotatable bonds is 4. The second kappa shape index (κ2) is 5.64. The molecule has 0 atom stereocenters. The predicted molar refractivity (Wildman–Crippen MR) is 86.9 cm³/mol. The molecule has 3 rings (SSSR count). The standard InChI is InChI=1S/C14H13N5O2S2/c1-3-12-13(19-14(16-12)22-9(2)17-19)23(20,21)18-11-6-4-10(8-15)5-7-11/h4-7,18H,3H2,1-2H3. The molecule has 0 saturated carbocycles. The van der Waals surface area contributed by atoms with Crippen LogP contribution in [0.4, 0.5) is 5.69 Å². The summed E-state index contributed by atoms with van der Waals surface area (Å²) in [5.41, 5.74) is 1.32. The van der Waals surface area contributed by atoms with Crippen LogP contribution in [0.3, 0.4) is 0 Å². The van der Waals surface area contributed by atoms with Crippen LogP contribution in [0.5, 0.6) is 0 Å². The molecule has 0 radical (unpaired) electrons. The van der Waals surface area contributed by atoms with E-state index >= 15 is 0 Å². The van der Waals surface area contributed by atoms with E-state index in [4.69, 9.17) is 5.26 Å². The first kappa shape index (κ1) is 15.5. The van der Waals surface area contributed by atoms with Gasteiger partial charge in [-0.1, -0.05) is 18.3 Å². The molecule has 0 fully saturated rings. The summed E-state index contributed by atoms with van der Waals surface area (Å²) in [6, 6.07) is 8.19. The van der Waals surface area contributed by atoms with Gasteiger partial charge in [0.05, 0.1) is 17.3 Å². The molecular formula is C14H13N5O2S2. The number of sulfonamides is 1. The molecule has 0 bridgehead atoms. The number of nitrogens with zero attached hydrogens (tertiary/aromatic N) is 4. The fraction of sp³-hybridized carbons (Fsp3) is 0.214. The summed E-state index contributed by atoms with van der Waals surface area (Å²) in [6.45, 7) is 3.65. The third kappa shape index (κ3) is 2.78. The van der Waals surface area contributed by atoms with E-state index in [1.54, 1.807) is 31.2 Å². The maximum atomic E-state index is 12.7. The van der Waals surface area contributed by atoms with E-state index < -0.39 is 10.0 Å². The van der Waals surface area contributed by atoms with Crippen molar-refractivity contribution < 1.29 is 8.42 Å². The van der Waals surface area contributed by atoms with Crippen molar-refractivity contribution >= 4 is 32.0 Å². The number of anilines is 1. The number of nitrogens with one attached hydrogen (secondary N) is 1. The highest BCUT2D eigenvalue weighted by atomic mass is 32.2. The Kier molecular flexibility index (Phi) is 3.79. The number of fused-ring (bicyclic) bond motifs is 1. The minimum atomic E-state index is -3.83. The number of nitriles is 1. The van der Waals surface area contributed by atoms with Gasteiger partial charge in [0.15, 0.2) is 0 Å². The molecule has 0 aliphatic rings. The van der Waals surface area contributed by atoms with Crippen LogP contribution in [0.2, 0.25) is 0 Å². The molecule has 7 nitrogen and oxygen atoms in total. The highest BCUT2D eigenvalue weighted by molar-refractivity contribution is 7.92. The minimum absolute atomic E-state index is 0.0590. The molecule has 2 aromatic heterocycles. The second-order valence-electron chi connectivity index (χ2n) is 4.83. The molecule has 9 heteroatoms. The summed E-state index contributed by atoms with van der Waals surface area (Å²) >= 11 is 1.34. The second-order valence-corrected chi connectivity index (χ2v) is 7.59. The molecular weight excluding hydrogens is 334 g/mol. The van der Waals surface area contributed by atoms with Gasteiger partial charge in [0.2, 0.25) is 9.99 Å². The van der Waals surface area contributed by atoms with Crippen molar-refractivity contribution in [1.29, 1.82) is 5.26 Å². The summed E-state index contributed by atoms with van der Waals surface area (Å²) in [5, 5.41) is 13.8. The van der Waals surface area contributed by atoms with Gasteiger partial charge >= 0.3 is 0 Å².